The molecule has 0 amide bonds. The molecule has 0 atom stereocenters. The molecule has 0 fully saturated rings. The summed E-state index contributed by atoms with van der Waals surface area (Å²) in [6.07, 6.45) is 34.3. The summed E-state index contributed by atoms with van der Waals surface area (Å²) in [7, 11) is 0. The molecule has 2 nitrogen and oxygen atoms in total. The summed E-state index contributed by atoms with van der Waals surface area (Å²) in [6, 6.07) is 0.571. The third-order valence-corrected chi connectivity index (χ3v) is 7.10. The molecule has 1 rings (SSSR count). The Hall–Kier alpha value is -0.790. The van der Waals surface area contributed by atoms with Gasteiger partial charge in [-0.2, -0.15) is 0 Å². The van der Waals surface area contributed by atoms with Crippen molar-refractivity contribution >= 4 is 0 Å². The topological polar surface area (TPSA) is 8.81 Å². The van der Waals surface area contributed by atoms with Crippen molar-refractivity contribution in [1.29, 1.82) is 0 Å². The third kappa shape index (κ3) is 14.4. The minimum atomic E-state index is 0.571. The molecule has 0 aromatic carbocycles. The van der Waals surface area contributed by atoms with Crippen molar-refractivity contribution in [2.45, 2.75) is 175 Å². The normalized spacial score (nSPS) is 11.7. The lowest BCUT2D eigenvalue weighted by Gasteiger charge is -2.08. The van der Waals surface area contributed by atoms with Crippen LogP contribution in [0.25, 0.3) is 0 Å². The summed E-state index contributed by atoms with van der Waals surface area (Å²) in [6.45, 7) is 10.5. The molecule has 1 heterocycles. The summed E-state index contributed by atoms with van der Waals surface area (Å²) in [5.74, 6) is 1.56. The van der Waals surface area contributed by atoms with Crippen LogP contribution in [0.3, 0.4) is 0 Å². The van der Waals surface area contributed by atoms with Crippen LogP contribution in [0.1, 0.15) is 168 Å². The van der Waals surface area contributed by atoms with Gasteiger partial charge in [-0.1, -0.05) is 123 Å². The summed E-state index contributed by atoms with van der Waals surface area (Å²) >= 11 is 0. The number of aromatic nitrogens is 2. The van der Waals surface area contributed by atoms with Crippen LogP contribution in [0, 0.1) is 0 Å². The Labute approximate surface area is 202 Å². The van der Waals surface area contributed by atoms with Crippen LogP contribution < -0.4 is 4.57 Å². The molecule has 0 bridgehead atoms. The van der Waals surface area contributed by atoms with Crippen molar-refractivity contribution in [3.05, 3.63) is 18.2 Å². The predicted octanol–water partition coefficient (Wildman–Crippen LogP) is 9.74. The van der Waals surface area contributed by atoms with Gasteiger partial charge < -0.3 is 0 Å². The van der Waals surface area contributed by atoms with Gasteiger partial charge in [-0.15, -0.1) is 0 Å². The molecule has 1 aromatic heterocycles. The van der Waals surface area contributed by atoms with Crippen LogP contribution in [-0.2, 0) is 13.0 Å². The summed E-state index contributed by atoms with van der Waals surface area (Å²) in [4.78, 5) is 0. The van der Waals surface area contributed by atoms with E-state index in [4.69, 9.17) is 0 Å². The molecule has 0 aliphatic rings. The predicted molar refractivity (Wildman–Crippen MR) is 142 cm³/mol. The molecule has 0 saturated carbocycles. The average Bonchev–Trinajstić information content (AvgIpc) is 3.19. The maximum Gasteiger partial charge on any atom is 0.256 e. The highest BCUT2D eigenvalue weighted by molar-refractivity contribution is 4.86. The second-order valence-electron chi connectivity index (χ2n) is 10.5. The van der Waals surface area contributed by atoms with Crippen LogP contribution in [0.2, 0.25) is 0 Å². The summed E-state index contributed by atoms with van der Waals surface area (Å²) in [5, 5.41) is 0. The fourth-order valence-electron chi connectivity index (χ4n) is 4.96. The molecule has 0 saturated heterocycles. The molecule has 32 heavy (non-hydrogen) atoms. The number of imidazole rings is 1. The van der Waals surface area contributed by atoms with Gasteiger partial charge in [0.25, 0.3) is 5.82 Å². The highest BCUT2D eigenvalue weighted by atomic mass is 15.2. The van der Waals surface area contributed by atoms with E-state index in [0.717, 1.165) is 0 Å². The van der Waals surface area contributed by atoms with E-state index in [1.165, 1.54) is 141 Å². The third-order valence-electron chi connectivity index (χ3n) is 7.10. The van der Waals surface area contributed by atoms with Gasteiger partial charge in [0, 0.05) is 6.42 Å². The Balaban J connectivity index is 2.16. The van der Waals surface area contributed by atoms with Gasteiger partial charge in [-0.25, -0.2) is 9.13 Å². The molecule has 188 valence electrons. The van der Waals surface area contributed by atoms with Crippen LogP contribution in [0.15, 0.2) is 12.4 Å². The summed E-state index contributed by atoms with van der Waals surface area (Å²) < 4.78 is 5.08. The molecule has 0 aliphatic carbocycles. The Morgan fingerprint density at radius 1 is 0.594 bits per heavy atom. The zero-order valence-electron chi connectivity index (χ0n) is 22.7. The van der Waals surface area contributed by atoms with Gasteiger partial charge >= 0.3 is 0 Å². The Morgan fingerprint density at radius 3 is 1.44 bits per heavy atom. The number of aryl methyl sites for hydroxylation is 1. The van der Waals surface area contributed by atoms with Crippen molar-refractivity contribution in [3.63, 3.8) is 0 Å². The molecule has 0 radical (unpaired) electrons. The highest BCUT2D eigenvalue weighted by Crippen LogP contribution is 2.15. The summed E-state index contributed by atoms with van der Waals surface area (Å²) in [5.41, 5.74) is 0. The molecule has 2 heteroatoms. The van der Waals surface area contributed by atoms with Gasteiger partial charge in [0.05, 0.1) is 12.6 Å². The van der Waals surface area contributed by atoms with Crippen LogP contribution >= 0.6 is 0 Å². The molecule has 0 unspecified atom stereocenters. The standard InChI is InChI=1S/C30H59N2/c1-5-7-9-11-13-15-16-17-18-19-21-23-25-30-31(27-28-32(30)29(3)4)26-24-22-20-14-12-10-8-6-2/h27-29H,5-26H2,1-4H3/q+1. The van der Waals surface area contributed by atoms with Gasteiger partial charge in [0.2, 0.25) is 0 Å². The van der Waals surface area contributed by atoms with Gasteiger partial charge in [-0.05, 0) is 33.1 Å². The van der Waals surface area contributed by atoms with Crippen molar-refractivity contribution < 1.29 is 4.57 Å². The first-order valence-electron chi connectivity index (χ1n) is 14.8. The van der Waals surface area contributed by atoms with E-state index in [-0.39, 0.29) is 0 Å². The smallest absolute Gasteiger partial charge is 0.234 e. The van der Waals surface area contributed by atoms with E-state index in [1.54, 1.807) is 5.82 Å². The lowest BCUT2D eigenvalue weighted by atomic mass is 10.0. The van der Waals surface area contributed by atoms with E-state index in [1.807, 2.05) is 0 Å². The van der Waals surface area contributed by atoms with E-state index in [0.29, 0.717) is 6.04 Å². The molecular formula is C30H59N2+. The molecule has 0 N–H and O–H groups in total. The van der Waals surface area contributed by atoms with E-state index < -0.39 is 0 Å². The second-order valence-corrected chi connectivity index (χ2v) is 10.5. The Bertz CT molecular complexity index is 517. The van der Waals surface area contributed by atoms with Crippen molar-refractivity contribution in [1.82, 2.24) is 4.57 Å². The van der Waals surface area contributed by atoms with Crippen LogP contribution in [-0.4, -0.2) is 4.57 Å². The van der Waals surface area contributed by atoms with Crippen molar-refractivity contribution in [3.8, 4) is 0 Å². The van der Waals surface area contributed by atoms with Crippen LogP contribution in [0.4, 0.5) is 0 Å². The van der Waals surface area contributed by atoms with E-state index >= 15 is 0 Å². The van der Waals surface area contributed by atoms with Gasteiger partial charge in [0.15, 0.2) is 0 Å². The largest absolute Gasteiger partial charge is 0.256 e. The average molecular weight is 448 g/mol. The Morgan fingerprint density at radius 2 is 1.00 bits per heavy atom. The first kappa shape index (κ1) is 29.2. The van der Waals surface area contributed by atoms with Crippen molar-refractivity contribution in [2.24, 2.45) is 0 Å². The zero-order valence-corrected chi connectivity index (χ0v) is 22.7. The Kier molecular flexibility index (Phi) is 19.0. The molecule has 1 aromatic rings. The minimum Gasteiger partial charge on any atom is -0.234 e. The van der Waals surface area contributed by atoms with Crippen LogP contribution in [0.5, 0.6) is 0 Å². The lowest BCUT2D eigenvalue weighted by Crippen LogP contribution is -2.37. The lowest BCUT2D eigenvalue weighted by molar-refractivity contribution is -0.704. The van der Waals surface area contributed by atoms with Gasteiger partial charge in [-0.3, -0.25) is 0 Å². The maximum absolute atomic E-state index is 2.57. The first-order chi connectivity index (χ1) is 15.7. The fourth-order valence-corrected chi connectivity index (χ4v) is 4.96. The SMILES string of the molecule is CCCCCCCCCCCCCCc1n(C(C)C)cc[n+]1CCCCCCCCCC. The maximum atomic E-state index is 2.57. The molecule has 0 aliphatic heterocycles. The number of hydrogen-bond donors (Lipinski definition) is 0. The minimum absolute atomic E-state index is 0.571. The zero-order chi connectivity index (χ0) is 23.3. The second kappa shape index (κ2) is 20.8. The van der Waals surface area contributed by atoms with E-state index in [2.05, 4.69) is 49.2 Å². The number of unbranched alkanes of at least 4 members (excludes halogenated alkanes) is 18. The monoisotopic (exact) mass is 447 g/mol. The quantitative estimate of drug-likeness (QED) is 0.117. The number of rotatable bonds is 23. The molecule has 0 spiro atoms. The first-order valence-corrected chi connectivity index (χ1v) is 14.8. The molecular weight excluding hydrogens is 388 g/mol. The van der Waals surface area contributed by atoms with Crippen molar-refractivity contribution in [2.75, 3.05) is 0 Å². The fraction of sp³-hybridized carbons (Fsp3) is 0.900. The number of hydrogen-bond acceptors (Lipinski definition) is 0. The van der Waals surface area contributed by atoms with Gasteiger partial charge in [0.1, 0.15) is 12.4 Å². The number of nitrogens with zero attached hydrogens (tertiary/aromatic N) is 2. The van der Waals surface area contributed by atoms with E-state index in [9.17, 15) is 0 Å². The highest BCUT2D eigenvalue weighted by Gasteiger charge is 2.18.